The number of urea groups is 1. The van der Waals surface area contributed by atoms with E-state index in [-0.39, 0.29) is 6.03 Å². The molecule has 5 aromatic rings. The molecule has 0 fully saturated rings. The summed E-state index contributed by atoms with van der Waals surface area (Å²) in [5.74, 6) is 0. The van der Waals surface area contributed by atoms with Gasteiger partial charge in [0.2, 0.25) is 0 Å². The van der Waals surface area contributed by atoms with Gasteiger partial charge in [-0.05, 0) is 54.1 Å². The molecule has 5 rings (SSSR count). The van der Waals surface area contributed by atoms with Crippen molar-refractivity contribution >= 4 is 55.3 Å². The summed E-state index contributed by atoms with van der Waals surface area (Å²) in [6.07, 6.45) is 5.76. The van der Waals surface area contributed by atoms with E-state index in [4.69, 9.17) is 0 Å². The lowest BCUT2D eigenvalue weighted by atomic mass is 10.2. The molecule has 2 aromatic carbocycles. The maximum Gasteiger partial charge on any atom is 0.323 e. The molecular formula is C23H18BrN5O. The second kappa shape index (κ2) is 7.68. The van der Waals surface area contributed by atoms with E-state index in [1.165, 1.54) is 5.56 Å². The van der Waals surface area contributed by atoms with Crippen LogP contribution in [0, 0.1) is 0 Å². The Balaban J connectivity index is 1.41. The van der Waals surface area contributed by atoms with Crippen LogP contribution in [0.2, 0.25) is 0 Å². The summed E-state index contributed by atoms with van der Waals surface area (Å²) >= 11 is 3.41. The molecule has 30 heavy (non-hydrogen) atoms. The summed E-state index contributed by atoms with van der Waals surface area (Å²) in [6.45, 7) is 0.716. The average molecular weight is 460 g/mol. The van der Waals surface area contributed by atoms with Crippen molar-refractivity contribution in [2.45, 2.75) is 6.54 Å². The number of rotatable bonds is 4. The Kier molecular flexibility index (Phi) is 4.72. The Bertz CT molecular complexity index is 1370. The number of hydrogen-bond donors (Lipinski definition) is 3. The Morgan fingerprint density at radius 3 is 2.83 bits per heavy atom. The lowest BCUT2D eigenvalue weighted by Gasteiger charge is -2.10. The van der Waals surface area contributed by atoms with E-state index in [2.05, 4.69) is 47.2 Å². The molecule has 7 heteroatoms. The highest BCUT2D eigenvalue weighted by molar-refractivity contribution is 9.10. The van der Waals surface area contributed by atoms with E-state index in [0.717, 1.165) is 37.8 Å². The summed E-state index contributed by atoms with van der Waals surface area (Å²) in [5.41, 5.74) is 4.61. The minimum Gasteiger partial charge on any atom is -0.346 e. The van der Waals surface area contributed by atoms with Gasteiger partial charge in [0.15, 0.2) is 0 Å². The number of fused-ring (bicyclic) bond motifs is 2. The number of anilines is 2. The standard InChI is InChI=1S/C23H18BrN5O/c24-16-3-1-4-17(13-16)27-23(30)28-20-5-2-6-21-19(20)9-12-29(21)14-15-7-10-25-22-18(15)8-11-26-22/h1-13H,14H2,(H,25,26)(H2,27,28,30). The van der Waals surface area contributed by atoms with Gasteiger partial charge in [0, 0.05) is 46.1 Å². The van der Waals surface area contributed by atoms with Gasteiger partial charge in [-0.25, -0.2) is 9.78 Å². The van der Waals surface area contributed by atoms with Crippen LogP contribution >= 0.6 is 15.9 Å². The van der Waals surface area contributed by atoms with Crippen molar-refractivity contribution < 1.29 is 4.79 Å². The third-order valence-electron chi connectivity index (χ3n) is 5.04. The third kappa shape index (κ3) is 3.55. The van der Waals surface area contributed by atoms with Crippen LogP contribution < -0.4 is 10.6 Å². The Morgan fingerprint density at radius 2 is 1.93 bits per heavy atom. The molecule has 3 aromatic heterocycles. The van der Waals surface area contributed by atoms with Crippen molar-refractivity contribution in [1.82, 2.24) is 14.5 Å². The van der Waals surface area contributed by atoms with Gasteiger partial charge in [0.05, 0.1) is 11.2 Å². The number of H-pyrrole nitrogens is 1. The largest absolute Gasteiger partial charge is 0.346 e. The van der Waals surface area contributed by atoms with Crippen LogP contribution in [-0.4, -0.2) is 20.6 Å². The first-order chi connectivity index (χ1) is 14.7. The first kappa shape index (κ1) is 18.4. The van der Waals surface area contributed by atoms with Crippen LogP contribution in [0.4, 0.5) is 16.2 Å². The number of pyridine rings is 1. The summed E-state index contributed by atoms with van der Waals surface area (Å²) in [6, 6.07) is 19.2. The molecule has 3 N–H and O–H groups in total. The van der Waals surface area contributed by atoms with Crippen LogP contribution in [0.3, 0.4) is 0 Å². The highest BCUT2D eigenvalue weighted by atomic mass is 79.9. The van der Waals surface area contributed by atoms with Crippen molar-refractivity contribution in [3.05, 3.63) is 89.3 Å². The van der Waals surface area contributed by atoms with E-state index >= 15 is 0 Å². The second-order valence-electron chi connectivity index (χ2n) is 6.98. The van der Waals surface area contributed by atoms with E-state index in [1.54, 1.807) is 0 Å². The molecule has 0 aliphatic carbocycles. The monoisotopic (exact) mass is 459 g/mol. The van der Waals surface area contributed by atoms with Crippen LogP contribution in [0.1, 0.15) is 5.56 Å². The number of carbonyl (C=O) groups is 1. The highest BCUT2D eigenvalue weighted by Gasteiger charge is 2.11. The maximum atomic E-state index is 12.5. The highest BCUT2D eigenvalue weighted by Crippen LogP contribution is 2.27. The van der Waals surface area contributed by atoms with Gasteiger partial charge < -0.3 is 20.2 Å². The van der Waals surface area contributed by atoms with Crippen molar-refractivity contribution in [1.29, 1.82) is 0 Å². The number of carbonyl (C=O) groups excluding carboxylic acids is 1. The van der Waals surface area contributed by atoms with Crippen LogP contribution in [0.5, 0.6) is 0 Å². The molecule has 0 spiro atoms. The van der Waals surface area contributed by atoms with Gasteiger partial charge in [-0.1, -0.05) is 28.1 Å². The number of nitrogens with one attached hydrogen (secondary N) is 3. The maximum absolute atomic E-state index is 12.5. The lowest BCUT2D eigenvalue weighted by molar-refractivity contribution is 0.262. The van der Waals surface area contributed by atoms with Gasteiger partial charge in [-0.2, -0.15) is 0 Å². The molecule has 0 radical (unpaired) electrons. The molecule has 0 bridgehead atoms. The molecule has 6 nitrogen and oxygen atoms in total. The minimum atomic E-state index is -0.281. The van der Waals surface area contributed by atoms with Gasteiger partial charge in [-0.3, -0.25) is 0 Å². The molecule has 0 saturated carbocycles. The van der Waals surface area contributed by atoms with Crippen molar-refractivity contribution in [2.24, 2.45) is 0 Å². The Hall–Kier alpha value is -3.58. The Morgan fingerprint density at radius 1 is 1.03 bits per heavy atom. The Labute approximate surface area is 181 Å². The molecule has 3 heterocycles. The van der Waals surface area contributed by atoms with Crippen LogP contribution in [0.25, 0.3) is 21.9 Å². The summed E-state index contributed by atoms with van der Waals surface area (Å²) in [7, 11) is 0. The molecule has 0 aliphatic rings. The van der Waals surface area contributed by atoms with Crippen LogP contribution in [-0.2, 0) is 6.54 Å². The molecule has 0 unspecified atom stereocenters. The van der Waals surface area contributed by atoms with Gasteiger partial charge >= 0.3 is 6.03 Å². The fraction of sp³-hybridized carbons (Fsp3) is 0.0435. The van der Waals surface area contributed by atoms with Crippen LogP contribution in [0.15, 0.2) is 83.7 Å². The fourth-order valence-electron chi connectivity index (χ4n) is 3.66. The predicted molar refractivity (Wildman–Crippen MR) is 124 cm³/mol. The number of nitrogens with zero attached hydrogens (tertiary/aromatic N) is 2. The number of aromatic nitrogens is 3. The van der Waals surface area contributed by atoms with Gasteiger partial charge in [0.25, 0.3) is 0 Å². The summed E-state index contributed by atoms with van der Waals surface area (Å²) in [4.78, 5) is 20.0. The van der Waals surface area contributed by atoms with E-state index in [0.29, 0.717) is 6.54 Å². The summed E-state index contributed by atoms with van der Waals surface area (Å²) < 4.78 is 3.08. The number of aromatic amines is 1. The quantitative estimate of drug-likeness (QED) is 0.309. The minimum absolute atomic E-state index is 0.281. The number of benzene rings is 2. The predicted octanol–water partition coefficient (Wildman–Crippen LogP) is 5.97. The van der Waals surface area contributed by atoms with E-state index in [1.807, 2.05) is 73.2 Å². The molecular weight excluding hydrogens is 442 g/mol. The number of hydrogen-bond acceptors (Lipinski definition) is 2. The van der Waals surface area contributed by atoms with Crippen molar-refractivity contribution in [3.8, 4) is 0 Å². The number of halogens is 1. The third-order valence-corrected chi connectivity index (χ3v) is 5.53. The molecule has 0 saturated heterocycles. The SMILES string of the molecule is O=C(Nc1cccc(Br)c1)Nc1cccc2c1ccn2Cc1ccnc2[nH]ccc12. The smallest absolute Gasteiger partial charge is 0.323 e. The number of amides is 2. The zero-order valence-electron chi connectivity index (χ0n) is 15.9. The van der Waals surface area contributed by atoms with E-state index in [9.17, 15) is 4.79 Å². The first-order valence-electron chi connectivity index (χ1n) is 9.50. The molecule has 148 valence electrons. The van der Waals surface area contributed by atoms with Crippen molar-refractivity contribution in [2.75, 3.05) is 10.6 Å². The zero-order valence-corrected chi connectivity index (χ0v) is 17.5. The zero-order chi connectivity index (χ0) is 20.5. The molecule has 0 aliphatic heterocycles. The molecule has 2 amide bonds. The topological polar surface area (TPSA) is 74.7 Å². The normalized spacial score (nSPS) is 11.1. The van der Waals surface area contributed by atoms with Gasteiger partial charge in [0.1, 0.15) is 5.65 Å². The molecule has 0 atom stereocenters. The summed E-state index contributed by atoms with van der Waals surface area (Å²) in [5, 5.41) is 7.92. The first-order valence-corrected chi connectivity index (χ1v) is 10.3. The van der Waals surface area contributed by atoms with E-state index < -0.39 is 0 Å². The lowest BCUT2D eigenvalue weighted by Crippen LogP contribution is -2.19. The second-order valence-corrected chi connectivity index (χ2v) is 7.90. The van der Waals surface area contributed by atoms with Crippen molar-refractivity contribution in [3.63, 3.8) is 0 Å². The van der Waals surface area contributed by atoms with Gasteiger partial charge in [-0.15, -0.1) is 0 Å². The average Bonchev–Trinajstić information content (AvgIpc) is 3.36. The fourth-order valence-corrected chi connectivity index (χ4v) is 4.06.